The lowest BCUT2D eigenvalue weighted by atomic mass is 9.82. The summed E-state index contributed by atoms with van der Waals surface area (Å²) < 4.78 is 0. The molecule has 1 fully saturated rings. The predicted molar refractivity (Wildman–Crippen MR) is 55.8 cm³/mol. The molecule has 0 unspecified atom stereocenters. The average molecular weight is 199 g/mol. The zero-order valence-electron chi connectivity index (χ0n) is 9.34. The van der Waals surface area contributed by atoms with Gasteiger partial charge in [-0.2, -0.15) is 0 Å². The van der Waals surface area contributed by atoms with Gasteiger partial charge in [0.1, 0.15) is 0 Å². The third-order valence-corrected chi connectivity index (χ3v) is 2.49. The Morgan fingerprint density at radius 2 is 2.00 bits per heavy atom. The summed E-state index contributed by atoms with van der Waals surface area (Å²) in [5.41, 5.74) is 0.0587. The second kappa shape index (κ2) is 4.30. The number of nitrogens with one attached hydrogen (secondary N) is 1. The maximum atomic E-state index is 11.4. The second-order valence-electron chi connectivity index (χ2n) is 5.53. The number of hydrogen-bond donors (Lipinski definition) is 2. The van der Waals surface area contributed by atoms with E-state index in [2.05, 4.69) is 26.1 Å². The molecule has 14 heavy (non-hydrogen) atoms. The largest absolute Gasteiger partial charge is 0.393 e. The normalized spacial score (nSPS) is 26.9. The van der Waals surface area contributed by atoms with Gasteiger partial charge in [-0.3, -0.25) is 4.79 Å². The van der Waals surface area contributed by atoms with Crippen molar-refractivity contribution in [2.24, 2.45) is 11.3 Å². The minimum Gasteiger partial charge on any atom is -0.393 e. The highest BCUT2D eigenvalue weighted by Crippen LogP contribution is 2.26. The minimum absolute atomic E-state index is 0.0587. The van der Waals surface area contributed by atoms with Crippen molar-refractivity contribution < 1.29 is 9.90 Å². The highest BCUT2D eigenvalue weighted by molar-refractivity contribution is 5.76. The van der Waals surface area contributed by atoms with E-state index in [4.69, 9.17) is 5.11 Å². The van der Waals surface area contributed by atoms with Gasteiger partial charge in [0.05, 0.1) is 6.10 Å². The molecule has 1 aliphatic carbocycles. The molecule has 0 saturated heterocycles. The molecule has 0 radical (unpaired) electrons. The van der Waals surface area contributed by atoms with Gasteiger partial charge in [-0.15, -0.1) is 0 Å². The zero-order chi connectivity index (χ0) is 10.8. The topological polar surface area (TPSA) is 49.3 Å². The molecule has 0 aliphatic heterocycles. The van der Waals surface area contributed by atoms with Crippen LogP contribution in [0.3, 0.4) is 0 Å². The van der Waals surface area contributed by atoms with Crippen molar-refractivity contribution in [3.63, 3.8) is 0 Å². The van der Waals surface area contributed by atoms with Crippen LogP contribution in [-0.2, 0) is 4.79 Å². The van der Waals surface area contributed by atoms with Crippen molar-refractivity contribution in [1.82, 2.24) is 5.32 Å². The van der Waals surface area contributed by atoms with Crippen LogP contribution in [0.15, 0.2) is 0 Å². The smallest absolute Gasteiger partial charge is 0.220 e. The van der Waals surface area contributed by atoms with Gasteiger partial charge in [0.2, 0.25) is 5.91 Å². The maximum Gasteiger partial charge on any atom is 0.220 e. The lowest BCUT2D eigenvalue weighted by Gasteiger charge is -2.31. The molecule has 1 saturated carbocycles. The second-order valence-corrected chi connectivity index (χ2v) is 5.53. The van der Waals surface area contributed by atoms with E-state index in [1.54, 1.807) is 0 Å². The highest BCUT2D eigenvalue weighted by atomic mass is 16.3. The van der Waals surface area contributed by atoms with Gasteiger partial charge in [-0.1, -0.05) is 20.8 Å². The van der Waals surface area contributed by atoms with E-state index in [0.29, 0.717) is 12.3 Å². The van der Waals surface area contributed by atoms with Crippen molar-refractivity contribution in [1.29, 1.82) is 0 Å². The molecule has 0 aromatic heterocycles. The van der Waals surface area contributed by atoms with Crippen molar-refractivity contribution in [3.05, 3.63) is 0 Å². The maximum absolute atomic E-state index is 11.4. The standard InChI is InChI=1S/C11H21NO2/c1-11(2,3)6-10(14)12-7-8-4-9(13)5-8/h8-9,13H,4-7H2,1-3H3,(H,12,14). The van der Waals surface area contributed by atoms with Crippen molar-refractivity contribution >= 4 is 5.91 Å². The van der Waals surface area contributed by atoms with E-state index < -0.39 is 0 Å². The molecule has 3 heteroatoms. The summed E-state index contributed by atoms with van der Waals surface area (Å²) >= 11 is 0. The fourth-order valence-corrected chi connectivity index (χ4v) is 1.67. The van der Waals surface area contributed by atoms with Crippen LogP contribution in [-0.4, -0.2) is 23.7 Å². The molecule has 2 N–H and O–H groups in total. The molecule has 0 heterocycles. The van der Waals surface area contributed by atoms with Gasteiger partial charge in [-0.05, 0) is 24.2 Å². The molecule has 0 spiro atoms. The molecule has 0 aromatic rings. The fraction of sp³-hybridized carbons (Fsp3) is 0.909. The van der Waals surface area contributed by atoms with E-state index in [1.165, 1.54) is 0 Å². The number of rotatable bonds is 3. The third kappa shape index (κ3) is 4.09. The zero-order valence-corrected chi connectivity index (χ0v) is 9.34. The Morgan fingerprint density at radius 3 is 2.43 bits per heavy atom. The minimum atomic E-state index is -0.125. The number of amides is 1. The average Bonchev–Trinajstić information content (AvgIpc) is 1.92. The third-order valence-electron chi connectivity index (χ3n) is 2.49. The van der Waals surface area contributed by atoms with Crippen molar-refractivity contribution in [2.45, 2.75) is 46.1 Å². The molecular weight excluding hydrogens is 178 g/mol. The van der Waals surface area contributed by atoms with Gasteiger partial charge in [0.15, 0.2) is 0 Å². The van der Waals surface area contributed by atoms with Crippen LogP contribution in [0.25, 0.3) is 0 Å². The molecule has 3 nitrogen and oxygen atoms in total. The van der Waals surface area contributed by atoms with Crippen LogP contribution in [0.4, 0.5) is 0 Å². The summed E-state index contributed by atoms with van der Waals surface area (Å²) in [6.45, 7) is 6.89. The molecule has 1 amide bonds. The van der Waals surface area contributed by atoms with Crippen LogP contribution in [0.2, 0.25) is 0 Å². The first-order chi connectivity index (χ1) is 6.37. The Balaban J connectivity index is 2.10. The van der Waals surface area contributed by atoms with Gasteiger partial charge in [0, 0.05) is 13.0 Å². The Kier molecular flexibility index (Phi) is 3.53. The molecule has 0 atom stereocenters. The molecule has 0 bridgehead atoms. The Labute approximate surface area is 85.9 Å². The number of aliphatic hydroxyl groups excluding tert-OH is 1. The lowest BCUT2D eigenvalue weighted by molar-refractivity contribution is -0.123. The molecule has 0 aromatic carbocycles. The monoisotopic (exact) mass is 199 g/mol. The highest BCUT2D eigenvalue weighted by Gasteiger charge is 2.27. The van der Waals surface area contributed by atoms with Crippen LogP contribution in [0.1, 0.15) is 40.0 Å². The Bertz CT molecular complexity index is 202. The number of hydrogen-bond acceptors (Lipinski definition) is 2. The SMILES string of the molecule is CC(C)(C)CC(=O)NCC1CC(O)C1. The predicted octanol–water partition coefficient (Wildman–Crippen LogP) is 1.31. The first kappa shape index (κ1) is 11.5. The first-order valence-corrected chi connectivity index (χ1v) is 5.31. The number of carbonyl (C=O) groups is 1. The van der Waals surface area contributed by atoms with Crippen molar-refractivity contribution in [3.8, 4) is 0 Å². The first-order valence-electron chi connectivity index (χ1n) is 5.31. The van der Waals surface area contributed by atoms with Gasteiger partial charge in [0.25, 0.3) is 0 Å². The van der Waals surface area contributed by atoms with Gasteiger partial charge in [-0.25, -0.2) is 0 Å². The van der Waals surface area contributed by atoms with Crippen LogP contribution in [0, 0.1) is 11.3 Å². The van der Waals surface area contributed by atoms with E-state index in [1.807, 2.05) is 0 Å². The fourth-order valence-electron chi connectivity index (χ4n) is 1.67. The van der Waals surface area contributed by atoms with Crippen molar-refractivity contribution in [2.75, 3.05) is 6.54 Å². The molecular formula is C11H21NO2. The van der Waals surface area contributed by atoms with Crippen LogP contribution >= 0.6 is 0 Å². The summed E-state index contributed by atoms with van der Waals surface area (Å²) in [6, 6.07) is 0. The molecule has 82 valence electrons. The van der Waals surface area contributed by atoms with E-state index in [0.717, 1.165) is 19.4 Å². The van der Waals surface area contributed by atoms with Crippen LogP contribution in [0.5, 0.6) is 0 Å². The summed E-state index contributed by atoms with van der Waals surface area (Å²) in [4.78, 5) is 11.4. The summed E-state index contributed by atoms with van der Waals surface area (Å²) in [5, 5.41) is 12.0. The van der Waals surface area contributed by atoms with Gasteiger partial charge >= 0.3 is 0 Å². The summed E-state index contributed by atoms with van der Waals surface area (Å²) in [5.74, 6) is 0.618. The van der Waals surface area contributed by atoms with Gasteiger partial charge < -0.3 is 10.4 Å². The van der Waals surface area contributed by atoms with E-state index >= 15 is 0 Å². The summed E-state index contributed by atoms with van der Waals surface area (Å²) in [7, 11) is 0. The Hall–Kier alpha value is -0.570. The van der Waals surface area contributed by atoms with E-state index in [9.17, 15) is 4.79 Å². The number of aliphatic hydroxyl groups is 1. The lowest BCUT2D eigenvalue weighted by Crippen LogP contribution is -2.39. The van der Waals surface area contributed by atoms with E-state index in [-0.39, 0.29) is 17.4 Å². The summed E-state index contributed by atoms with van der Waals surface area (Å²) in [6.07, 6.45) is 2.13. The number of carbonyl (C=O) groups excluding carboxylic acids is 1. The van der Waals surface area contributed by atoms with Crippen LogP contribution < -0.4 is 5.32 Å². The Morgan fingerprint density at radius 1 is 1.43 bits per heavy atom. The quantitative estimate of drug-likeness (QED) is 0.720. The molecule has 1 rings (SSSR count). The molecule has 1 aliphatic rings.